The van der Waals surface area contributed by atoms with Gasteiger partial charge in [0, 0.05) is 19.8 Å². The first-order chi connectivity index (χ1) is 20.9. The van der Waals surface area contributed by atoms with Crippen molar-refractivity contribution in [2.24, 2.45) is 5.92 Å². The Balaban J connectivity index is 2.37. The summed E-state index contributed by atoms with van der Waals surface area (Å²) in [5.74, 6) is -7.72. The van der Waals surface area contributed by atoms with Crippen LogP contribution in [0.15, 0.2) is 0 Å². The maximum Gasteiger partial charge on any atom is 0.398 e. The van der Waals surface area contributed by atoms with E-state index in [1.807, 2.05) is 0 Å². The van der Waals surface area contributed by atoms with Crippen LogP contribution in [0.5, 0.6) is 0 Å². The van der Waals surface area contributed by atoms with Crippen molar-refractivity contribution >= 4 is 38.6 Å². The molecule has 0 saturated carbocycles. The van der Waals surface area contributed by atoms with E-state index in [4.69, 9.17) is 23.7 Å². The quantitative estimate of drug-likeness (QED) is 0.0505. The minimum atomic E-state index is -5.43. The third-order valence-electron chi connectivity index (χ3n) is 7.07. The molecule has 7 N–H and O–H groups in total. The van der Waals surface area contributed by atoms with E-state index in [9.17, 15) is 60.8 Å². The lowest BCUT2D eigenvalue weighted by molar-refractivity contribution is -0.506. The van der Waals surface area contributed by atoms with E-state index in [2.05, 4.69) is 13.7 Å². The topological polar surface area (TPSA) is 318 Å². The summed E-state index contributed by atoms with van der Waals surface area (Å²) in [4.78, 5) is 35.6. The third-order valence-corrected chi connectivity index (χ3v) is 8.01. The summed E-state index contributed by atoms with van der Waals surface area (Å²) < 4.78 is 100. The van der Waals surface area contributed by atoms with Crippen molar-refractivity contribution in [2.45, 2.75) is 81.6 Å². The van der Waals surface area contributed by atoms with E-state index in [1.54, 1.807) is 0 Å². The Kier molecular flexibility index (Phi) is 12.7. The number of aliphatic carboxylic acids is 1. The molecule has 3 aliphatic heterocycles. The second-order valence-corrected chi connectivity index (χ2v) is 13.6. The van der Waals surface area contributed by atoms with Crippen LogP contribution in [0.2, 0.25) is 0 Å². The fourth-order valence-corrected chi connectivity index (χ4v) is 6.06. The van der Waals surface area contributed by atoms with Crippen LogP contribution in [0.3, 0.4) is 0 Å². The molecule has 1 amide bonds. The lowest BCUT2D eigenvalue weighted by Crippen LogP contribution is -2.90. The van der Waals surface area contributed by atoms with Gasteiger partial charge in [-0.1, -0.05) is 0 Å². The summed E-state index contributed by atoms with van der Waals surface area (Å²) in [6.45, 7) is 1.52. The highest BCUT2D eigenvalue weighted by molar-refractivity contribution is 7.81. The number of ether oxygens (including phenoxy) is 5. The fourth-order valence-electron chi connectivity index (χ4n) is 5.08. The number of hydrogen-bond acceptors (Lipinski definition) is 17. The van der Waals surface area contributed by atoms with Crippen molar-refractivity contribution in [3.05, 3.63) is 0 Å². The monoisotopic (exact) mass is 713 g/mol. The molecular weight excluding hydrogens is 674 g/mol. The number of carbonyl (C=O) groups excluding carboxylic acids is 2. The van der Waals surface area contributed by atoms with Crippen molar-refractivity contribution in [2.75, 3.05) is 39.6 Å². The number of aliphatic hydroxyl groups is 3. The number of carboxylic acid groups (broad SMARTS) is 1. The minimum absolute atomic E-state index is 0.299. The number of hydrogen-bond donors (Lipinski definition) is 7. The number of rotatable bonds is 19. The summed E-state index contributed by atoms with van der Waals surface area (Å²) >= 11 is 0. The average molecular weight is 714 g/mol. The zero-order valence-electron chi connectivity index (χ0n) is 25.3. The summed E-state index contributed by atoms with van der Waals surface area (Å²) in [6, 6.07) is -1.34. The number of amides is 1. The Hall–Kier alpha value is -2.13. The predicted octanol–water partition coefficient (Wildman–Crippen LogP) is -3.46. The van der Waals surface area contributed by atoms with Gasteiger partial charge in [-0.15, -0.1) is 0 Å². The number of esters is 1. The zero-order chi connectivity index (χ0) is 35.5. The molecule has 3 aliphatic rings. The van der Waals surface area contributed by atoms with Gasteiger partial charge in [-0.2, -0.15) is 16.8 Å². The van der Waals surface area contributed by atoms with Crippen LogP contribution < -0.4 is 5.32 Å². The maximum atomic E-state index is 12.2. The maximum absolute atomic E-state index is 12.2. The number of carbonyl (C=O) groups is 3. The average Bonchev–Trinajstić information content (AvgIpc) is 2.90. The lowest BCUT2D eigenvalue weighted by atomic mass is 9.70. The van der Waals surface area contributed by atoms with Crippen LogP contribution in [-0.2, 0) is 67.2 Å². The van der Waals surface area contributed by atoms with E-state index >= 15 is 0 Å². The van der Waals surface area contributed by atoms with Gasteiger partial charge >= 0.3 is 38.5 Å². The molecular formula is C23H39NO20S2. The van der Waals surface area contributed by atoms with Gasteiger partial charge in [0.25, 0.3) is 0 Å². The molecule has 0 radical (unpaired) electrons. The molecule has 3 fully saturated rings. The number of carboxylic acids is 1. The molecule has 8 atom stereocenters. The Morgan fingerprint density at radius 3 is 2.11 bits per heavy atom. The van der Waals surface area contributed by atoms with Crippen molar-refractivity contribution in [1.29, 1.82) is 0 Å². The molecule has 3 heterocycles. The summed E-state index contributed by atoms with van der Waals surface area (Å²) in [5, 5.41) is 43.3. The number of fused-ring (bicyclic) bond motifs is 2. The Bertz CT molecular complexity index is 1340. The molecule has 268 valence electrons. The molecule has 2 bridgehead atoms. The Labute approximate surface area is 263 Å². The highest BCUT2D eigenvalue weighted by atomic mass is 32.3. The van der Waals surface area contributed by atoms with E-state index in [0.717, 1.165) is 20.8 Å². The van der Waals surface area contributed by atoms with Crippen molar-refractivity contribution in [1.82, 2.24) is 5.32 Å². The number of aliphatic hydroxyl groups excluding tert-OH is 3. The van der Waals surface area contributed by atoms with Gasteiger partial charge in [0.2, 0.25) is 11.5 Å². The largest absolute Gasteiger partial charge is 0.477 e. The van der Waals surface area contributed by atoms with Gasteiger partial charge in [-0.05, 0) is 20.8 Å². The van der Waals surface area contributed by atoms with E-state index in [1.165, 1.54) is 13.8 Å². The minimum Gasteiger partial charge on any atom is -0.477 e. The molecule has 0 aromatic rings. The van der Waals surface area contributed by atoms with Crippen molar-refractivity contribution in [3.63, 3.8) is 0 Å². The molecule has 46 heavy (non-hydrogen) atoms. The zero-order valence-corrected chi connectivity index (χ0v) is 27.0. The first-order valence-electron chi connectivity index (χ1n) is 13.3. The van der Waals surface area contributed by atoms with Gasteiger partial charge in [0.05, 0.1) is 44.7 Å². The SMILES string of the molecule is CC(=O)N[C@@H](C(COCC1(C)OC2(C(=O)O)OC([C@@H]1O)[C@@]2(CO)OS(=O)(=O)O)COS(=O)(=O)O)[C@H](CO)OC(C)(C)COC(C)=O. The summed E-state index contributed by atoms with van der Waals surface area (Å²) in [5.41, 5.74) is -6.16. The van der Waals surface area contributed by atoms with Crippen LogP contribution in [0.4, 0.5) is 0 Å². The second-order valence-electron chi connectivity index (χ2n) is 11.5. The summed E-state index contributed by atoms with van der Waals surface area (Å²) in [6.07, 6.45) is -5.24. The Morgan fingerprint density at radius 1 is 1.04 bits per heavy atom. The van der Waals surface area contributed by atoms with Gasteiger partial charge in [0.15, 0.2) is 0 Å². The van der Waals surface area contributed by atoms with Crippen molar-refractivity contribution in [3.8, 4) is 0 Å². The normalized spacial score (nSPS) is 30.0. The van der Waals surface area contributed by atoms with Gasteiger partial charge in [-0.3, -0.25) is 18.7 Å². The van der Waals surface area contributed by atoms with E-state index in [-0.39, 0.29) is 6.61 Å². The van der Waals surface area contributed by atoms with Crippen LogP contribution in [0, 0.1) is 5.92 Å². The standard InChI is InChI=1S/C23H39NO20S2/c1-12(27)24-16(15(6-25)41-20(3,4)10-39-13(2)28)14(8-40-45(32,33)34)7-38-11-21(5)17(29)18-22(9-26,44-46(35,36)37)23(42-18,43-21)19(30)31/h14-18,25-26,29H,6-11H2,1-5H3,(H,24,27)(H,30,31)(H,32,33,34)(H,35,36,37)/t14?,15-,16-,17-,18?,21?,22+,23?/m0/s1. The van der Waals surface area contributed by atoms with Crippen LogP contribution >= 0.6 is 0 Å². The fraction of sp³-hybridized carbons (Fsp3) is 0.870. The third kappa shape index (κ3) is 9.27. The van der Waals surface area contributed by atoms with Crippen LogP contribution in [-0.4, -0.2) is 151 Å². The highest BCUT2D eigenvalue weighted by Crippen LogP contribution is 2.56. The van der Waals surface area contributed by atoms with Gasteiger partial charge < -0.3 is 49.4 Å². The molecule has 4 unspecified atom stereocenters. The smallest absolute Gasteiger partial charge is 0.398 e. The van der Waals surface area contributed by atoms with Crippen LogP contribution in [0.25, 0.3) is 0 Å². The molecule has 0 aromatic heterocycles. The predicted molar refractivity (Wildman–Crippen MR) is 145 cm³/mol. The van der Waals surface area contributed by atoms with Gasteiger partial charge in [-0.25, -0.2) is 13.2 Å². The van der Waals surface area contributed by atoms with E-state index < -0.39 is 125 Å². The van der Waals surface area contributed by atoms with E-state index in [0.29, 0.717) is 0 Å². The Morgan fingerprint density at radius 2 is 1.65 bits per heavy atom. The molecule has 0 aliphatic carbocycles. The first kappa shape index (κ1) is 40.0. The number of nitrogens with one attached hydrogen (secondary N) is 1. The van der Waals surface area contributed by atoms with Gasteiger partial charge in [0.1, 0.15) is 30.5 Å². The molecule has 23 heteroatoms. The molecule has 21 nitrogen and oxygen atoms in total. The summed E-state index contributed by atoms with van der Waals surface area (Å²) in [7, 11) is -10.5. The highest BCUT2D eigenvalue weighted by Gasteiger charge is 2.84. The molecule has 3 rings (SSSR count). The molecule has 3 saturated heterocycles. The first-order valence-corrected chi connectivity index (χ1v) is 16.1. The molecule has 0 spiro atoms. The second kappa shape index (κ2) is 14.6. The lowest BCUT2D eigenvalue weighted by Gasteiger charge is -2.66. The molecule has 0 aromatic carbocycles. The van der Waals surface area contributed by atoms with Crippen molar-refractivity contribution < 1.29 is 92.8 Å². The van der Waals surface area contributed by atoms with Crippen LogP contribution in [0.1, 0.15) is 34.6 Å².